The number of aliphatic imine (C=N–C) groups is 1. The van der Waals surface area contributed by atoms with Crippen molar-refractivity contribution < 1.29 is 0 Å². The highest BCUT2D eigenvalue weighted by atomic mass is 15.3. The lowest BCUT2D eigenvalue weighted by Gasteiger charge is -2.12. The van der Waals surface area contributed by atoms with E-state index in [0.717, 1.165) is 36.0 Å². The molecule has 30 heavy (non-hydrogen) atoms. The monoisotopic (exact) mass is 400 g/mol. The molecule has 0 aliphatic rings. The second-order valence-corrected chi connectivity index (χ2v) is 6.69. The van der Waals surface area contributed by atoms with Gasteiger partial charge in [-0.2, -0.15) is 10.2 Å². The predicted molar refractivity (Wildman–Crippen MR) is 117 cm³/mol. The number of guanidine groups is 1. The molecular weight excluding hydrogens is 376 g/mol. The first-order valence-corrected chi connectivity index (χ1v) is 9.80. The first-order valence-electron chi connectivity index (χ1n) is 9.80. The molecule has 0 unspecified atom stereocenters. The van der Waals surface area contributed by atoms with E-state index in [4.69, 9.17) is 0 Å². The molecule has 0 fully saturated rings. The van der Waals surface area contributed by atoms with Crippen LogP contribution in [0.5, 0.6) is 0 Å². The van der Waals surface area contributed by atoms with Gasteiger partial charge >= 0.3 is 0 Å². The summed E-state index contributed by atoms with van der Waals surface area (Å²) in [5.41, 5.74) is 3.42. The second kappa shape index (κ2) is 9.51. The van der Waals surface area contributed by atoms with Gasteiger partial charge in [-0.05, 0) is 53.9 Å². The zero-order valence-corrected chi connectivity index (χ0v) is 16.8. The van der Waals surface area contributed by atoms with Crippen LogP contribution in [0.3, 0.4) is 0 Å². The lowest BCUT2D eigenvalue weighted by Crippen LogP contribution is -2.37. The van der Waals surface area contributed by atoms with Crippen molar-refractivity contribution in [3.63, 3.8) is 0 Å². The first kappa shape index (κ1) is 19.4. The molecule has 8 heteroatoms. The van der Waals surface area contributed by atoms with Crippen LogP contribution in [0.2, 0.25) is 0 Å². The van der Waals surface area contributed by atoms with E-state index in [9.17, 15) is 0 Å². The van der Waals surface area contributed by atoms with E-state index in [1.54, 1.807) is 30.3 Å². The molecule has 4 aromatic rings. The molecule has 0 bridgehead atoms. The summed E-state index contributed by atoms with van der Waals surface area (Å²) >= 11 is 0. The van der Waals surface area contributed by atoms with E-state index < -0.39 is 0 Å². The molecule has 0 radical (unpaired) electrons. The fraction of sp³-hybridized carbons (Fsp3) is 0.182. The first-order chi connectivity index (χ1) is 14.8. The Morgan fingerprint density at radius 2 is 1.67 bits per heavy atom. The van der Waals surface area contributed by atoms with Crippen LogP contribution in [0.1, 0.15) is 11.1 Å². The van der Waals surface area contributed by atoms with E-state index in [-0.39, 0.29) is 0 Å². The molecule has 0 saturated heterocycles. The molecule has 0 saturated carbocycles. The largest absolute Gasteiger partial charge is 0.356 e. The van der Waals surface area contributed by atoms with Crippen LogP contribution < -0.4 is 10.6 Å². The van der Waals surface area contributed by atoms with E-state index in [1.807, 2.05) is 41.3 Å². The van der Waals surface area contributed by atoms with Gasteiger partial charge in [0.2, 0.25) is 0 Å². The number of nitrogens with one attached hydrogen (secondary N) is 2. The van der Waals surface area contributed by atoms with Crippen LogP contribution in [0.15, 0.2) is 84.5 Å². The average Bonchev–Trinajstić information content (AvgIpc) is 3.51. The zero-order chi connectivity index (χ0) is 20.6. The Kier molecular flexibility index (Phi) is 6.14. The molecule has 2 N–H and O–H groups in total. The van der Waals surface area contributed by atoms with Crippen molar-refractivity contribution >= 4 is 5.96 Å². The Bertz CT molecular complexity index is 1070. The normalized spacial score (nSPS) is 11.4. The van der Waals surface area contributed by atoms with E-state index in [2.05, 4.69) is 55.1 Å². The van der Waals surface area contributed by atoms with Gasteiger partial charge in [0.25, 0.3) is 0 Å². The van der Waals surface area contributed by atoms with Crippen LogP contribution in [0, 0.1) is 0 Å². The Balaban J connectivity index is 1.26. The Morgan fingerprint density at radius 1 is 0.900 bits per heavy atom. The topological polar surface area (TPSA) is 85.0 Å². The molecule has 0 aliphatic heterocycles. The SMILES string of the molecule is CN=C(NCCc1ccc(-n2cccn2)cc1)NCc1ccnc(-n2cccn2)c1. The maximum Gasteiger partial charge on any atom is 0.191 e. The molecular formula is C22H24N8. The summed E-state index contributed by atoms with van der Waals surface area (Å²) in [6.07, 6.45) is 10.0. The molecule has 8 nitrogen and oxygen atoms in total. The van der Waals surface area contributed by atoms with Gasteiger partial charge in [-0.25, -0.2) is 14.3 Å². The van der Waals surface area contributed by atoms with Crippen LogP contribution in [-0.4, -0.2) is 44.1 Å². The number of benzene rings is 1. The van der Waals surface area contributed by atoms with E-state index in [0.29, 0.717) is 6.54 Å². The highest BCUT2D eigenvalue weighted by Crippen LogP contribution is 2.09. The molecule has 0 atom stereocenters. The Hall–Kier alpha value is -3.94. The number of hydrogen-bond acceptors (Lipinski definition) is 4. The van der Waals surface area contributed by atoms with Crippen molar-refractivity contribution in [2.24, 2.45) is 4.99 Å². The van der Waals surface area contributed by atoms with Gasteiger partial charge in [0.15, 0.2) is 11.8 Å². The predicted octanol–water partition coefficient (Wildman–Crippen LogP) is 2.36. The third kappa shape index (κ3) is 4.91. The summed E-state index contributed by atoms with van der Waals surface area (Å²) in [5, 5.41) is 15.2. The number of nitrogens with zero attached hydrogens (tertiary/aromatic N) is 6. The maximum absolute atomic E-state index is 4.36. The van der Waals surface area contributed by atoms with Crippen LogP contribution in [0.4, 0.5) is 0 Å². The summed E-state index contributed by atoms with van der Waals surface area (Å²) < 4.78 is 3.60. The molecule has 3 aromatic heterocycles. The second-order valence-electron chi connectivity index (χ2n) is 6.69. The fourth-order valence-electron chi connectivity index (χ4n) is 3.07. The summed E-state index contributed by atoms with van der Waals surface area (Å²) in [5.74, 6) is 1.56. The minimum absolute atomic E-state index is 0.648. The minimum Gasteiger partial charge on any atom is -0.356 e. The third-order valence-electron chi connectivity index (χ3n) is 4.64. The number of rotatable bonds is 7. The summed E-state index contributed by atoms with van der Waals surface area (Å²) in [6, 6.07) is 16.2. The van der Waals surface area contributed by atoms with Crippen molar-refractivity contribution in [3.05, 3.63) is 90.6 Å². The summed E-state index contributed by atoms with van der Waals surface area (Å²) in [7, 11) is 1.77. The Labute approximate surface area is 175 Å². The van der Waals surface area contributed by atoms with E-state index in [1.165, 1.54) is 5.56 Å². The minimum atomic E-state index is 0.648. The molecule has 0 amide bonds. The van der Waals surface area contributed by atoms with Crippen molar-refractivity contribution in [1.82, 2.24) is 35.2 Å². The van der Waals surface area contributed by atoms with Crippen molar-refractivity contribution in [2.45, 2.75) is 13.0 Å². The smallest absolute Gasteiger partial charge is 0.191 e. The molecule has 4 rings (SSSR count). The molecule has 0 spiro atoms. The summed E-state index contributed by atoms with van der Waals surface area (Å²) in [6.45, 7) is 1.44. The van der Waals surface area contributed by atoms with Crippen LogP contribution in [-0.2, 0) is 13.0 Å². The van der Waals surface area contributed by atoms with Gasteiger partial charge in [0.1, 0.15) is 0 Å². The fourth-order valence-corrected chi connectivity index (χ4v) is 3.07. The lowest BCUT2D eigenvalue weighted by molar-refractivity contribution is 0.789. The molecule has 1 aromatic carbocycles. The average molecular weight is 400 g/mol. The van der Waals surface area contributed by atoms with Gasteiger partial charge in [0.05, 0.1) is 5.69 Å². The van der Waals surface area contributed by atoms with E-state index >= 15 is 0 Å². The van der Waals surface area contributed by atoms with Crippen LogP contribution >= 0.6 is 0 Å². The van der Waals surface area contributed by atoms with Gasteiger partial charge in [-0.3, -0.25) is 4.99 Å². The highest BCUT2D eigenvalue weighted by Gasteiger charge is 2.03. The van der Waals surface area contributed by atoms with Crippen molar-refractivity contribution in [3.8, 4) is 11.5 Å². The van der Waals surface area contributed by atoms with Gasteiger partial charge < -0.3 is 10.6 Å². The zero-order valence-electron chi connectivity index (χ0n) is 16.8. The lowest BCUT2D eigenvalue weighted by atomic mass is 10.1. The third-order valence-corrected chi connectivity index (χ3v) is 4.64. The molecule has 3 heterocycles. The number of aromatic nitrogens is 5. The van der Waals surface area contributed by atoms with Crippen molar-refractivity contribution in [1.29, 1.82) is 0 Å². The summed E-state index contributed by atoms with van der Waals surface area (Å²) in [4.78, 5) is 8.66. The maximum atomic E-state index is 4.36. The van der Waals surface area contributed by atoms with Gasteiger partial charge in [-0.1, -0.05) is 12.1 Å². The van der Waals surface area contributed by atoms with Gasteiger partial charge in [0, 0.05) is 51.1 Å². The standard InChI is InChI=1S/C22H24N8/c1-23-22(26-17-19-9-12-24-21(16-19)30-15-3-11-28-30)25-13-8-18-4-6-20(7-5-18)29-14-2-10-27-29/h2-7,9-12,14-16H,8,13,17H2,1H3,(H2,23,25,26). The Morgan fingerprint density at radius 3 is 2.37 bits per heavy atom. The number of pyridine rings is 1. The highest BCUT2D eigenvalue weighted by molar-refractivity contribution is 5.79. The molecule has 0 aliphatic carbocycles. The van der Waals surface area contributed by atoms with Crippen LogP contribution in [0.25, 0.3) is 11.5 Å². The van der Waals surface area contributed by atoms with Crippen molar-refractivity contribution in [2.75, 3.05) is 13.6 Å². The number of hydrogen-bond donors (Lipinski definition) is 2. The quantitative estimate of drug-likeness (QED) is 0.367. The molecule has 152 valence electrons. The van der Waals surface area contributed by atoms with Gasteiger partial charge in [-0.15, -0.1) is 0 Å².